The fraction of sp³-hybridized carbons (Fsp3) is 0.400. The second kappa shape index (κ2) is 4.20. The fourth-order valence-electron chi connectivity index (χ4n) is 1.10. The van der Waals surface area contributed by atoms with Gasteiger partial charge in [-0.25, -0.2) is 0 Å². The van der Waals surface area contributed by atoms with Gasteiger partial charge in [0.05, 0.1) is 6.67 Å². The van der Waals surface area contributed by atoms with Gasteiger partial charge in [-0.2, -0.15) is 0 Å². The molecular formula is C10H13BrFN. The molecule has 1 unspecified atom stereocenters. The van der Waals surface area contributed by atoms with Crippen molar-refractivity contribution in [1.29, 1.82) is 0 Å². The maximum atomic E-state index is 12.7. The van der Waals surface area contributed by atoms with Crippen molar-refractivity contribution in [3.63, 3.8) is 0 Å². The van der Waals surface area contributed by atoms with Crippen LogP contribution in [0.25, 0.3) is 0 Å². The predicted octanol–water partition coefficient (Wildman–Crippen LogP) is 2.64. The molecule has 1 atom stereocenters. The van der Waals surface area contributed by atoms with Crippen LogP contribution in [0.1, 0.15) is 12.5 Å². The van der Waals surface area contributed by atoms with Crippen LogP contribution in [0.3, 0.4) is 0 Å². The molecule has 0 bridgehead atoms. The number of nitrogens with two attached hydrogens (primary N) is 1. The first-order valence-electron chi connectivity index (χ1n) is 4.14. The predicted molar refractivity (Wildman–Crippen MR) is 56.5 cm³/mol. The van der Waals surface area contributed by atoms with Gasteiger partial charge in [-0.15, -0.1) is 0 Å². The first-order chi connectivity index (χ1) is 6.12. The molecule has 0 aliphatic heterocycles. The summed E-state index contributed by atoms with van der Waals surface area (Å²) >= 11 is 3.33. The maximum absolute atomic E-state index is 12.7. The average Bonchev–Trinajstić information content (AvgIpc) is 2.18. The van der Waals surface area contributed by atoms with Gasteiger partial charge in [0.15, 0.2) is 0 Å². The van der Waals surface area contributed by atoms with Gasteiger partial charge < -0.3 is 5.73 Å². The van der Waals surface area contributed by atoms with Crippen molar-refractivity contribution in [3.8, 4) is 0 Å². The van der Waals surface area contributed by atoms with Crippen molar-refractivity contribution >= 4 is 15.9 Å². The van der Waals surface area contributed by atoms with Crippen LogP contribution in [-0.2, 0) is 5.41 Å². The van der Waals surface area contributed by atoms with Gasteiger partial charge in [-0.05, 0) is 17.7 Å². The lowest BCUT2D eigenvalue weighted by Crippen LogP contribution is -2.33. The second-order valence-electron chi connectivity index (χ2n) is 3.41. The van der Waals surface area contributed by atoms with Crippen LogP contribution < -0.4 is 5.73 Å². The summed E-state index contributed by atoms with van der Waals surface area (Å²) in [4.78, 5) is 0. The normalized spacial score (nSPS) is 15.4. The van der Waals surface area contributed by atoms with Crippen molar-refractivity contribution in [2.24, 2.45) is 5.73 Å². The molecular weight excluding hydrogens is 233 g/mol. The number of benzene rings is 1. The van der Waals surface area contributed by atoms with E-state index in [1.54, 1.807) is 0 Å². The van der Waals surface area contributed by atoms with Gasteiger partial charge in [0.2, 0.25) is 0 Å². The largest absolute Gasteiger partial charge is 0.329 e. The smallest absolute Gasteiger partial charge is 0.1000 e. The molecule has 72 valence electrons. The summed E-state index contributed by atoms with van der Waals surface area (Å²) < 4.78 is 13.7. The van der Waals surface area contributed by atoms with Crippen molar-refractivity contribution in [2.75, 3.05) is 13.2 Å². The molecule has 3 heteroatoms. The third-order valence-electron chi connectivity index (χ3n) is 2.29. The Labute approximate surface area is 86.3 Å². The number of halogens is 2. The minimum atomic E-state index is -0.541. The number of hydrogen-bond donors (Lipinski definition) is 1. The first-order valence-corrected chi connectivity index (χ1v) is 4.94. The highest BCUT2D eigenvalue weighted by molar-refractivity contribution is 9.10. The van der Waals surface area contributed by atoms with E-state index >= 15 is 0 Å². The summed E-state index contributed by atoms with van der Waals surface area (Å²) in [7, 11) is 0. The Bertz CT molecular complexity index is 267. The highest BCUT2D eigenvalue weighted by Crippen LogP contribution is 2.24. The Kier molecular flexibility index (Phi) is 3.45. The van der Waals surface area contributed by atoms with Crippen molar-refractivity contribution in [1.82, 2.24) is 0 Å². The van der Waals surface area contributed by atoms with E-state index in [-0.39, 0.29) is 0 Å². The summed E-state index contributed by atoms with van der Waals surface area (Å²) in [5.41, 5.74) is 5.94. The molecule has 0 fully saturated rings. The lowest BCUT2D eigenvalue weighted by molar-refractivity contribution is 0.334. The van der Waals surface area contributed by atoms with Gasteiger partial charge in [0, 0.05) is 16.4 Å². The molecule has 0 aromatic heterocycles. The Hall–Kier alpha value is -0.410. The SMILES string of the molecule is CC(CN)(CF)c1ccc(Br)cc1. The van der Waals surface area contributed by atoms with E-state index in [4.69, 9.17) is 5.73 Å². The first kappa shape index (κ1) is 10.7. The summed E-state index contributed by atoms with van der Waals surface area (Å²) in [6, 6.07) is 7.60. The molecule has 1 nitrogen and oxygen atoms in total. The standard InChI is InChI=1S/C10H13BrFN/c1-10(6-12,7-13)8-2-4-9(11)5-3-8/h2-5H,6-7,13H2,1H3. The lowest BCUT2D eigenvalue weighted by Gasteiger charge is -2.24. The van der Waals surface area contributed by atoms with Gasteiger partial charge in [-0.1, -0.05) is 35.0 Å². The molecule has 0 heterocycles. The summed E-state index contributed by atoms with van der Waals surface area (Å²) in [6.45, 7) is 1.73. The van der Waals surface area contributed by atoms with Crippen LogP contribution in [0.5, 0.6) is 0 Å². The van der Waals surface area contributed by atoms with E-state index < -0.39 is 12.1 Å². The second-order valence-corrected chi connectivity index (χ2v) is 4.32. The molecule has 0 aliphatic carbocycles. The van der Waals surface area contributed by atoms with E-state index in [0.717, 1.165) is 10.0 Å². The van der Waals surface area contributed by atoms with Gasteiger partial charge >= 0.3 is 0 Å². The third kappa shape index (κ3) is 2.29. The molecule has 1 aromatic rings. The van der Waals surface area contributed by atoms with Crippen LogP contribution in [0, 0.1) is 0 Å². The Morgan fingerprint density at radius 2 is 1.92 bits per heavy atom. The zero-order valence-corrected chi connectivity index (χ0v) is 9.14. The van der Waals surface area contributed by atoms with E-state index in [2.05, 4.69) is 15.9 Å². The zero-order valence-electron chi connectivity index (χ0n) is 7.56. The Morgan fingerprint density at radius 3 is 2.31 bits per heavy atom. The van der Waals surface area contributed by atoms with Crippen LogP contribution >= 0.6 is 15.9 Å². The van der Waals surface area contributed by atoms with Crippen LogP contribution in [0.15, 0.2) is 28.7 Å². The van der Waals surface area contributed by atoms with E-state index in [9.17, 15) is 4.39 Å². The molecule has 0 spiro atoms. The van der Waals surface area contributed by atoms with E-state index in [0.29, 0.717) is 6.54 Å². The molecule has 0 saturated heterocycles. The Morgan fingerprint density at radius 1 is 1.38 bits per heavy atom. The minimum absolute atomic E-state index is 0.325. The molecule has 0 amide bonds. The molecule has 13 heavy (non-hydrogen) atoms. The number of rotatable bonds is 3. The molecule has 0 radical (unpaired) electrons. The van der Waals surface area contributed by atoms with Crippen LogP contribution in [-0.4, -0.2) is 13.2 Å². The lowest BCUT2D eigenvalue weighted by atomic mass is 9.84. The monoisotopic (exact) mass is 245 g/mol. The molecule has 1 rings (SSSR count). The quantitative estimate of drug-likeness (QED) is 0.871. The molecule has 1 aromatic carbocycles. The zero-order chi connectivity index (χ0) is 9.90. The molecule has 0 aliphatic rings. The number of alkyl halides is 1. The fourth-order valence-corrected chi connectivity index (χ4v) is 1.37. The van der Waals surface area contributed by atoms with Crippen molar-refractivity contribution in [3.05, 3.63) is 34.3 Å². The van der Waals surface area contributed by atoms with Crippen LogP contribution in [0.4, 0.5) is 4.39 Å². The van der Waals surface area contributed by atoms with Crippen molar-refractivity contribution in [2.45, 2.75) is 12.3 Å². The summed E-state index contributed by atoms with van der Waals surface area (Å²) in [5, 5.41) is 0. The highest BCUT2D eigenvalue weighted by Gasteiger charge is 2.24. The number of hydrogen-bond acceptors (Lipinski definition) is 1. The molecule has 2 N–H and O–H groups in total. The minimum Gasteiger partial charge on any atom is -0.329 e. The summed E-state index contributed by atoms with van der Waals surface area (Å²) in [5.74, 6) is 0. The van der Waals surface area contributed by atoms with E-state index in [1.165, 1.54) is 0 Å². The van der Waals surface area contributed by atoms with Gasteiger partial charge in [0.25, 0.3) is 0 Å². The maximum Gasteiger partial charge on any atom is 0.1000 e. The topological polar surface area (TPSA) is 26.0 Å². The van der Waals surface area contributed by atoms with Crippen molar-refractivity contribution < 1.29 is 4.39 Å². The van der Waals surface area contributed by atoms with Gasteiger partial charge in [-0.3, -0.25) is 4.39 Å². The highest BCUT2D eigenvalue weighted by atomic mass is 79.9. The summed E-state index contributed by atoms with van der Waals surface area (Å²) in [6.07, 6.45) is 0. The van der Waals surface area contributed by atoms with Crippen LogP contribution in [0.2, 0.25) is 0 Å². The average molecular weight is 246 g/mol. The molecule has 0 saturated carbocycles. The Balaban J connectivity index is 2.99. The van der Waals surface area contributed by atoms with E-state index in [1.807, 2.05) is 31.2 Å². The third-order valence-corrected chi connectivity index (χ3v) is 2.82. The van der Waals surface area contributed by atoms with Gasteiger partial charge in [0.1, 0.15) is 0 Å².